The summed E-state index contributed by atoms with van der Waals surface area (Å²) in [7, 11) is 1.61. The monoisotopic (exact) mass is 316 g/mol. The SMILES string of the molecule is COc1ccc([C@H]2CCCN2c2ccc(F)cc2[N+](=O)[O-])cc1. The average molecular weight is 316 g/mol. The predicted molar refractivity (Wildman–Crippen MR) is 85.4 cm³/mol. The quantitative estimate of drug-likeness (QED) is 0.630. The van der Waals surface area contributed by atoms with Gasteiger partial charge in [-0.1, -0.05) is 12.1 Å². The largest absolute Gasteiger partial charge is 0.497 e. The van der Waals surface area contributed by atoms with Crippen LogP contribution in [-0.2, 0) is 0 Å². The molecule has 2 aromatic rings. The molecule has 0 aliphatic carbocycles. The van der Waals surface area contributed by atoms with Crippen molar-refractivity contribution in [3.63, 3.8) is 0 Å². The Hall–Kier alpha value is -2.63. The van der Waals surface area contributed by atoms with Crippen LogP contribution in [0.1, 0.15) is 24.4 Å². The zero-order valence-electron chi connectivity index (χ0n) is 12.7. The highest BCUT2D eigenvalue weighted by Crippen LogP contribution is 2.40. The first-order valence-corrected chi connectivity index (χ1v) is 7.44. The molecule has 5 nitrogen and oxygen atoms in total. The topological polar surface area (TPSA) is 55.6 Å². The van der Waals surface area contributed by atoms with Gasteiger partial charge in [-0.2, -0.15) is 0 Å². The molecule has 0 bridgehead atoms. The fourth-order valence-corrected chi connectivity index (χ4v) is 3.11. The lowest BCUT2D eigenvalue weighted by atomic mass is 10.0. The second-order valence-corrected chi connectivity index (χ2v) is 5.51. The number of halogens is 1. The minimum atomic E-state index is -0.597. The maximum atomic E-state index is 13.4. The van der Waals surface area contributed by atoms with E-state index >= 15 is 0 Å². The van der Waals surface area contributed by atoms with Crippen molar-refractivity contribution < 1.29 is 14.1 Å². The Labute approximate surface area is 133 Å². The first kappa shape index (κ1) is 15.3. The molecule has 0 unspecified atom stereocenters. The van der Waals surface area contributed by atoms with Crippen molar-refractivity contribution in [2.75, 3.05) is 18.6 Å². The van der Waals surface area contributed by atoms with E-state index in [2.05, 4.69) is 0 Å². The molecule has 1 saturated heterocycles. The molecule has 3 rings (SSSR count). The van der Waals surface area contributed by atoms with Gasteiger partial charge in [0, 0.05) is 6.54 Å². The minimum absolute atomic E-state index is 0.0464. The molecular formula is C17H17FN2O3. The standard InChI is InChI=1S/C17H17FN2O3/c1-23-14-7-4-12(5-8-14)15-3-2-10-19(15)16-9-6-13(18)11-17(16)20(21)22/h4-9,11,15H,2-3,10H2,1H3/t15-/m1/s1. The first-order chi connectivity index (χ1) is 11.1. The van der Waals surface area contributed by atoms with Crippen LogP contribution in [0.2, 0.25) is 0 Å². The Morgan fingerprint density at radius 3 is 2.65 bits per heavy atom. The summed E-state index contributed by atoms with van der Waals surface area (Å²) in [6, 6.07) is 11.5. The van der Waals surface area contributed by atoms with E-state index in [0.717, 1.165) is 30.2 Å². The van der Waals surface area contributed by atoms with Gasteiger partial charge in [-0.3, -0.25) is 10.1 Å². The molecule has 0 radical (unpaired) electrons. The molecule has 0 saturated carbocycles. The van der Waals surface area contributed by atoms with Crippen molar-refractivity contribution in [1.82, 2.24) is 0 Å². The minimum Gasteiger partial charge on any atom is -0.497 e. The van der Waals surface area contributed by atoms with Crippen molar-refractivity contribution in [2.24, 2.45) is 0 Å². The number of ether oxygens (including phenoxy) is 1. The van der Waals surface area contributed by atoms with Gasteiger partial charge in [0.1, 0.15) is 17.3 Å². The number of hydrogen-bond acceptors (Lipinski definition) is 4. The van der Waals surface area contributed by atoms with Gasteiger partial charge in [0.15, 0.2) is 0 Å². The van der Waals surface area contributed by atoms with Crippen LogP contribution in [0.15, 0.2) is 42.5 Å². The van der Waals surface area contributed by atoms with Gasteiger partial charge in [0.2, 0.25) is 0 Å². The molecule has 0 N–H and O–H groups in total. The van der Waals surface area contributed by atoms with Crippen LogP contribution >= 0.6 is 0 Å². The molecule has 1 atom stereocenters. The van der Waals surface area contributed by atoms with Crippen molar-refractivity contribution in [2.45, 2.75) is 18.9 Å². The summed E-state index contributed by atoms with van der Waals surface area (Å²) in [6.07, 6.45) is 1.84. The van der Waals surface area contributed by atoms with E-state index in [1.165, 1.54) is 12.1 Å². The summed E-state index contributed by atoms with van der Waals surface area (Å²) < 4.78 is 18.5. The lowest BCUT2D eigenvalue weighted by Gasteiger charge is -2.27. The van der Waals surface area contributed by atoms with Crippen molar-refractivity contribution in [1.29, 1.82) is 0 Å². The number of anilines is 1. The Morgan fingerprint density at radius 2 is 2.00 bits per heavy atom. The molecule has 1 fully saturated rings. The van der Waals surface area contributed by atoms with Gasteiger partial charge < -0.3 is 9.64 Å². The van der Waals surface area contributed by atoms with Gasteiger partial charge in [-0.25, -0.2) is 4.39 Å². The molecule has 2 aromatic carbocycles. The second kappa shape index (κ2) is 6.24. The molecule has 1 aliphatic rings. The van der Waals surface area contributed by atoms with Gasteiger partial charge in [0.25, 0.3) is 5.69 Å². The Kier molecular flexibility index (Phi) is 4.14. The van der Waals surface area contributed by atoms with E-state index in [1.807, 2.05) is 29.2 Å². The summed E-state index contributed by atoms with van der Waals surface area (Å²) in [5, 5.41) is 11.3. The number of benzene rings is 2. The van der Waals surface area contributed by atoms with E-state index in [0.29, 0.717) is 12.2 Å². The fourth-order valence-electron chi connectivity index (χ4n) is 3.11. The van der Waals surface area contributed by atoms with Crippen LogP contribution in [0.5, 0.6) is 5.75 Å². The van der Waals surface area contributed by atoms with Gasteiger partial charge in [-0.05, 0) is 42.7 Å². The Bertz CT molecular complexity index is 718. The van der Waals surface area contributed by atoms with Gasteiger partial charge in [-0.15, -0.1) is 0 Å². The zero-order valence-corrected chi connectivity index (χ0v) is 12.7. The predicted octanol–water partition coefficient (Wildman–Crippen LogP) is 4.08. The molecule has 1 aliphatic heterocycles. The maximum Gasteiger partial charge on any atom is 0.295 e. The lowest BCUT2D eigenvalue weighted by molar-refractivity contribution is -0.384. The lowest BCUT2D eigenvalue weighted by Crippen LogP contribution is -2.23. The van der Waals surface area contributed by atoms with Crippen LogP contribution in [0, 0.1) is 15.9 Å². The van der Waals surface area contributed by atoms with Crippen LogP contribution in [0.25, 0.3) is 0 Å². The summed E-state index contributed by atoms with van der Waals surface area (Å²) in [5.41, 5.74) is 1.35. The highest BCUT2D eigenvalue weighted by Gasteiger charge is 2.31. The van der Waals surface area contributed by atoms with Crippen LogP contribution < -0.4 is 9.64 Å². The normalized spacial score (nSPS) is 17.3. The number of nitrogens with zero attached hydrogens (tertiary/aromatic N) is 2. The van der Waals surface area contributed by atoms with Gasteiger partial charge >= 0.3 is 0 Å². The Morgan fingerprint density at radius 1 is 1.26 bits per heavy atom. The highest BCUT2D eigenvalue weighted by molar-refractivity contribution is 5.65. The number of rotatable bonds is 4. The smallest absolute Gasteiger partial charge is 0.295 e. The first-order valence-electron chi connectivity index (χ1n) is 7.44. The Balaban J connectivity index is 1.97. The average Bonchev–Trinajstić information content (AvgIpc) is 3.04. The number of nitro groups is 1. The van der Waals surface area contributed by atoms with Crippen molar-refractivity contribution in [3.8, 4) is 5.75 Å². The van der Waals surface area contributed by atoms with Crippen LogP contribution in [0.3, 0.4) is 0 Å². The molecule has 0 spiro atoms. The summed E-state index contributed by atoms with van der Waals surface area (Å²) in [6.45, 7) is 0.711. The van der Waals surface area contributed by atoms with E-state index in [-0.39, 0.29) is 11.7 Å². The molecule has 120 valence electrons. The van der Waals surface area contributed by atoms with Crippen molar-refractivity contribution in [3.05, 3.63) is 64.0 Å². The van der Waals surface area contributed by atoms with E-state index < -0.39 is 10.7 Å². The van der Waals surface area contributed by atoms with E-state index in [4.69, 9.17) is 4.74 Å². The van der Waals surface area contributed by atoms with E-state index in [1.54, 1.807) is 7.11 Å². The number of hydrogen-bond donors (Lipinski definition) is 0. The van der Waals surface area contributed by atoms with Crippen molar-refractivity contribution >= 4 is 11.4 Å². The maximum absolute atomic E-state index is 13.4. The summed E-state index contributed by atoms with van der Waals surface area (Å²) in [4.78, 5) is 12.7. The molecule has 6 heteroatoms. The molecule has 0 amide bonds. The molecule has 0 aromatic heterocycles. The molecular weight excluding hydrogens is 299 g/mol. The third kappa shape index (κ3) is 2.97. The van der Waals surface area contributed by atoms with Crippen LogP contribution in [0.4, 0.5) is 15.8 Å². The number of methoxy groups -OCH3 is 1. The summed E-state index contributed by atoms with van der Waals surface area (Å²) >= 11 is 0. The zero-order chi connectivity index (χ0) is 16.4. The van der Waals surface area contributed by atoms with Crippen LogP contribution in [-0.4, -0.2) is 18.6 Å². The highest BCUT2D eigenvalue weighted by atomic mass is 19.1. The second-order valence-electron chi connectivity index (χ2n) is 5.51. The summed E-state index contributed by atoms with van der Waals surface area (Å²) in [5.74, 6) is 0.173. The fraction of sp³-hybridized carbons (Fsp3) is 0.294. The molecule has 1 heterocycles. The third-order valence-electron chi connectivity index (χ3n) is 4.20. The third-order valence-corrected chi connectivity index (χ3v) is 4.20. The van der Waals surface area contributed by atoms with E-state index in [9.17, 15) is 14.5 Å². The van der Waals surface area contributed by atoms with Gasteiger partial charge in [0.05, 0.1) is 24.1 Å². The number of nitro benzene ring substituents is 1. The molecule has 23 heavy (non-hydrogen) atoms.